The third kappa shape index (κ3) is 2.55. The predicted molar refractivity (Wildman–Crippen MR) is 68.1 cm³/mol. The molecule has 82 valence electrons. The van der Waals surface area contributed by atoms with E-state index < -0.39 is 0 Å². The molecule has 0 saturated heterocycles. The van der Waals surface area contributed by atoms with E-state index in [2.05, 4.69) is 22.0 Å². The monoisotopic (exact) mass is 287 g/mol. The van der Waals surface area contributed by atoms with E-state index >= 15 is 0 Å². The van der Waals surface area contributed by atoms with E-state index in [-0.39, 0.29) is 5.54 Å². The maximum Gasteiger partial charge on any atom is 0.0420 e. The molecule has 0 unspecified atom stereocenters. The number of nitrogens with two attached hydrogens (primary N) is 1. The summed E-state index contributed by atoms with van der Waals surface area (Å²) in [5.41, 5.74) is 7.45. The second-order valence-corrected chi connectivity index (χ2v) is 5.73. The van der Waals surface area contributed by atoms with Gasteiger partial charge in [0.25, 0.3) is 0 Å². The Bertz CT molecular complexity index is 338. The molecule has 0 radical (unpaired) electrons. The van der Waals surface area contributed by atoms with Crippen LogP contribution in [0.15, 0.2) is 22.7 Å². The maximum absolute atomic E-state index is 6.44. The fourth-order valence-electron chi connectivity index (χ4n) is 2.31. The lowest BCUT2D eigenvalue weighted by molar-refractivity contribution is 0.302. The summed E-state index contributed by atoms with van der Waals surface area (Å²) in [7, 11) is 0. The van der Waals surface area contributed by atoms with Gasteiger partial charge < -0.3 is 5.73 Å². The van der Waals surface area contributed by atoms with Gasteiger partial charge in [-0.2, -0.15) is 0 Å². The van der Waals surface area contributed by atoms with Crippen LogP contribution in [-0.4, -0.2) is 0 Å². The standard InChI is InChI=1S/C12H15BrClN/c13-10-6-9(7-11(14)8-10)12(15)4-2-1-3-5-12/h6-8H,1-5,15H2. The molecule has 3 heteroatoms. The average Bonchev–Trinajstić information content (AvgIpc) is 2.17. The highest BCUT2D eigenvalue weighted by molar-refractivity contribution is 9.10. The zero-order valence-corrected chi connectivity index (χ0v) is 10.9. The van der Waals surface area contributed by atoms with E-state index in [4.69, 9.17) is 17.3 Å². The molecule has 1 nitrogen and oxygen atoms in total. The van der Waals surface area contributed by atoms with Crippen LogP contribution < -0.4 is 5.73 Å². The molecule has 1 aliphatic carbocycles. The average molecular weight is 289 g/mol. The molecule has 0 amide bonds. The van der Waals surface area contributed by atoms with Gasteiger partial charge in [0.15, 0.2) is 0 Å². The van der Waals surface area contributed by atoms with E-state index in [1.165, 1.54) is 24.8 Å². The third-order valence-corrected chi connectivity index (χ3v) is 3.86. The Morgan fingerprint density at radius 3 is 2.40 bits per heavy atom. The van der Waals surface area contributed by atoms with Crippen molar-refractivity contribution in [1.29, 1.82) is 0 Å². The van der Waals surface area contributed by atoms with Crippen molar-refractivity contribution < 1.29 is 0 Å². The van der Waals surface area contributed by atoms with Gasteiger partial charge in [-0.15, -0.1) is 0 Å². The molecule has 1 aromatic rings. The summed E-state index contributed by atoms with van der Waals surface area (Å²) in [5, 5.41) is 0.759. The summed E-state index contributed by atoms with van der Waals surface area (Å²) in [4.78, 5) is 0. The minimum absolute atomic E-state index is 0.161. The molecular formula is C12H15BrClN. The Hall–Kier alpha value is -0.0500. The van der Waals surface area contributed by atoms with Gasteiger partial charge in [-0.25, -0.2) is 0 Å². The third-order valence-electron chi connectivity index (χ3n) is 3.18. The van der Waals surface area contributed by atoms with E-state index in [0.717, 1.165) is 22.3 Å². The summed E-state index contributed by atoms with van der Waals surface area (Å²) < 4.78 is 1.01. The van der Waals surface area contributed by atoms with Crippen molar-refractivity contribution in [3.63, 3.8) is 0 Å². The summed E-state index contributed by atoms with van der Waals surface area (Å²) in [6, 6.07) is 5.99. The van der Waals surface area contributed by atoms with Gasteiger partial charge in [0.2, 0.25) is 0 Å². The fourth-order valence-corrected chi connectivity index (χ4v) is 3.17. The normalized spacial score (nSPS) is 20.2. The largest absolute Gasteiger partial charge is 0.321 e. The van der Waals surface area contributed by atoms with Gasteiger partial charge in [0.1, 0.15) is 0 Å². The van der Waals surface area contributed by atoms with Crippen LogP contribution in [0.5, 0.6) is 0 Å². The molecule has 1 aliphatic rings. The van der Waals surface area contributed by atoms with Crippen LogP contribution in [0.4, 0.5) is 0 Å². The number of rotatable bonds is 1. The molecule has 0 aliphatic heterocycles. The summed E-state index contributed by atoms with van der Waals surface area (Å²) >= 11 is 9.51. The zero-order chi connectivity index (χ0) is 10.9. The molecule has 0 bridgehead atoms. The van der Waals surface area contributed by atoms with E-state index in [0.29, 0.717) is 0 Å². The number of halogens is 2. The van der Waals surface area contributed by atoms with Crippen LogP contribution >= 0.6 is 27.5 Å². The number of hydrogen-bond donors (Lipinski definition) is 1. The second-order valence-electron chi connectivity index (χ2n) is 4.37. The highest BCUT2D eigenvalue weighted by Crippen LogP contribution is 2.36. The molecule has 0 spiro atoms. The first-order chi connectivity index (χ1) is 7.10. The first-order valence-corrected chi connectivity index (χ1v) is 6.53. The SMILES string of the molecule is NC1(c2cc(Cl)cc(Br)c2)CCCCC1. The van der Waals surface area contributed by atoms with Crippen LogP contribution in [0.25, 0.3) is 0 Å². The van der Waals surface area contributed by atoms with Crippen molar-refractivity contribution in [2.75, 3.05) is 0 Å². The second kappa shape index (κ2) is 4.44. The molecular weight excluding hydrogens is 273 g/mol. The molecule has 1 fully saturated rings. The summed E-state index contributed by atoms with van der Waals surface area (Å²) in [6.45, 7) is 0. The Morgan fingerprint density at radius 2 is 1.80 bits per heavy atom. The van der Waals surface area contributed by atoms with Gasteiger partial charge in [-0.1, -0.05) is 46.8 Å². The van der Waals surface area contributed by atoms with Gasteiger partial charge in [0.05, 0.1) is 0 Å². The number of benzene rings is 1. The lowest BCUT2D eigenvalue weighted by atomic mass is 9.77. The van der Waals surface area contributed by atoms with Crippen LogP contribution in [0.1, 0.15) is 37.7 Å². The van der Waals surface area contributed by atoms with Gasteiger partial charge in [-0.05, 0) is 36.6 Å². The van der Waals surface area contributed by atoms with Crippen molar-refractivity contribution in [3.05, 3.63) is 33.3 Å². The quantitative estimate of drug-likeness (QED) is 0.822. The van der Waals surface area contributed by atoms with Crippen molar-refractivity contribution >= 4 is 27.5 Å². The molecule has 0 atom stereocenters. The first kappa shape index (κ1) is 11.4. The lowest BCUT2D eigenvalue weighted by Gasteiger charge is -2.34. The van der Waals surface area contributed by atoms with Crippen molar-refractivity contribution in [1.82, 2.24) is 0 Å². The summed E-state index contributed by atoms with van der Waals surface area (Å²) in [6.07, 6.45) is 5.89. The fraction of sp³-hybridized carbons (Fsp3) is 0.500. The minimum Gasteiger partial charge on any atom is -0.321 e. The van der Waals surface area contributed by atoms with Crippen molar-refractivity contribution in [2.45, 2.75) is 37.6 Å². The molecule has 15 heavy (non-hydrogen) atoms. The van der Waals surface area contributed by atoms with Crippen LogP contribution in [0.3, 0.4) is 0 Å². The lowest BCUT2D eigenvalue weighted by Crippen LogP contribution is -2.38. The van der Waals surface area contributed by atoms with Gasteiger partial charge >= 0.3 is 0 Å². The topological polar surface area (TPSA) is 26.0 Å². The molecule has 1 saturated carbocycles. The first-order valence-electron chi connectivity index (χ1n) is 5.36. The summed E-state index contributed by atoms with van der Waals surface area (Å²) in [5.74, 6) is 0. The van der Waals surface area contributed by atoms with Crippen LogP contribution in [-0.2, 0) is 5.54 Å². The minimum atomic E-state index is -0.161. The highest BCUT2D eigenvalue weighted by Gasteiger charge is 2.29. The van der Waals surface area contributed by atoms with E-state index in [1.807, 2.05) is 12.1 Å². The predicted octanol–water partition coefficient (Wildman–Crippen LogP) is 4.22. The Morgan fingerprint density at radius 1 is 1.13 bits per heavy atom. The van der Waals surface area contributed by atoms with Crippen molar-refractivity contribution in [2.24, 2.45) is 5.73 Å². The van der Waals surface area contributed by atoms with E-state index in [9.17, 15) is 0 Å². The Balaban J connectivity index is 2.34. The maximum atomic E-state index is 6.44. The van der Waals surface area contributed by atoms with Gasteiger partial charge in [-0.3, -0.25) is 0 Å². The Labute approximate surface area is 104 Å². The molecule has 1 aromatic carbocycles. The van der Waals surface area contributed by atoms with Gasteiger partial charge in [0, 0.05) is 15.0 Å². The van der Waals surface area contributed by atoms with Crippen LogP contribution in [0, 0.1) is 0 Å². The number of hydrogen-bond acceptors (Lipinski definition) is 1. The molecule has 0 aromatic heterocycles. The molecule has 0 heterocycles. The van der Waals surface area contributed by atoms with E-state index in [1.54, 1.807) is 0 Å². The zero-order valence-electron chi connectivity index (χ0n) is 8.60. The highest BCUT2D eigenvalue weighted by atomic mass is 79.9. The molecule has 2 N–H and O–H groups in total. The smallest absolute Gasteiger partial charge is 0.0420 e. The van der Waals surface area contributed by atoms with Crippen LogP contribution in [0.2, 0.25) is 5.02 Å². The Kier molecular flexibility index (Phi) is 3.39. The van der Waals surface area contributed by atoms with Crippen molar-refractivity contribution in [3.8, 4) is 0 Å². The molecule has 2 rings (SSSR count).